The van der Waals surface area contributed by atoms with Gasteiger partial charge in [-0.1, -0.05) is 35.3 Å². The van der Waals surface area contributed by atoms with Gasteiger partial charge in [0, 0.05) is 6.07 Å². The summed E-state index contributed by atoms with van der Waals surface area (Å²) < 4.78 is 5.35. The fourth-order valence-electron chi connectivity index (χ4n) is 1.90. The average molecular weight is 336 g/mol. The standard InChI is InChI=1S/C15H11Cl2N3O2/c16-10-6-5-9(7-11(10)17)22-8-14(21)20-15-18-12-3-1-2-4-13(12)19-15/h1-7H,8H2,(H2,18,19,20,21). The number of H-pyrrole nitrogens is 1. The van der Waals surface area contributed by atoms with Crippen LogP contribution in [0.15, 0.2) is 42.5 Å². The quantitative estimate of drug-likeness (QED) is 0.760. The van der Waals surface area contributed by atoms with Crippen molar-refractivity contribution in [1.82, 2.24) is 9.97 Å². The zero-order chi connectivity index (χ0) is 15.5. The summed E-state index contributed by atoms with van der Waals surface area (Å²) in [4.78, 5) is 19.1. The number of fused-ring (bicyclic) bond motifs is 1. The number of para-hydroxylation sites is 2. The van der Waals surface area contributed by atoms with Crippen LogP contribution in [-0.2, 0) is 4.79 Å². The first-order valence-corrected chi connectivity index (χ1v) is 7.20. The lowest BCUT2D eigenvalue weighted by atomic mass is 10.3. The van der Waals surface area contributed by atoms with Crippen LogP contribution >= 0.6 is 23.2 Å². The van der Waals surface area contributed by atoms with E-state index in [1.807, 2.05) is 24.3 Å². The molecule has 5 nitrogen and oxygen atoms in total. The summed E-state index contributed by atoms with van der Waals surface area (Å²) in [5.41, 5.74) is 1.63. The number of ether oxygens (including phenoxy) is 1. The molecule has 112 valence electrons. The van der Waals surface area contributed by atoms with E-state index in [2.05, 4.69) is 15.3 Å². The Morgan fingerprint density at radius 3 is 2.77 bits per heavy atom. The maximum Gasteiger partial charge on any atom is 0.264 e. The minimum Gasteiger partial charge on any atom is -0.484 e. The van der Waals surface area contributed by atoms with Gasteiger partial charge in [-0.25, -0.2) is 4.98 Å². The summed E-state index contributed by atoms with van der Waals surface area (Å²) in [7, 11) is 0. The fraction of sp³-hybridized carbons (Fsp3) is 0.0667. The van der Waals surface area contributed by atoms with Crippen LogP contribution in [0.2, 0.25) is 10.0 Å². The number of aromatic amines is 1. The molecule has 1 amide bonds. The van der Waals surface area contributed by atoms with Gasteiger partial charge in [-0.05, 0) is 24.3 Å². The SMILES string of the molecule is O=C(COc1ccc(Cl)c(Cl)c1)Nc1nc2ccccc2[nH]1. The third kappa shape index (κ3) is 3.32. The number of nitrogens with one attached hydrogen (secondary N) is 2. The molecule has 0 spiro atoms. The fourth-order valence-corrected chi connectivity index (χ4v) is 2.18. The second kappa shape index (κ2) is 6.25. The molecule has 3 aromatic rings. The van der Waals surface area contributed by atoms with Crippen molar-refractivity contribution in [2.75, 3.05) is 11.9 Å². The number of carbonyl (C=O) groups is 1. The molecular formula is C15H11Cl2N3O2. The van der Waals surface area contributed by atoms with Crippen molar-refractivity contribution in [3.05, 3.63) is 52.5 Å². The van der Waals surface area contributed by atoms with Crippen LogP contribution in [-0.4, -0.2) is 22.5 Å². The predicted octanol–water partition coefficient (Wildman–Crippen LogP) is 3.89. The molecule has 0 atom stereocenters. The van der Waals surface area contributed by atoms with Gasteiger partial charge in [0.15, 0.2) is 6.61 Å². The number of hydrogen-bond acceptors (Lipinski definition) is 3. The van der Waals surface area contributed by atoms with Crippen molar-refractivity contribution in [1.29, 1.82) is 0 Å². The number of carbonyl (C=O) groups excluding carboxylic acids is 1. The second-order valence-electron chi connectivity index (χ2n) is 4.52. The highest BCUT2D eigenvalue weighted by atomic mass is 35.5. The van der Waals surface area contributed by atoms with E-state index in [1.54, 1.807) is 18.2 Å². The van der Waals surface area contributed by atoms with Gasteiger partial charge in [0.25, 0.3) is 5.91 Å². The molecule has 22 heavy (non-hydrogen) atoms. The Morgan fingerprint density at radius 1 is 1.18 bits per heavy atom. The number of rotatable bonds is 4. The molecule has 0 aliphatic carbocycles. The van der Waals surface area contributed by atoms with Gasteiger partial charge in [0.05, 0.1) is 21.1 Å². The number of aromatic nitrogens is 2. The number of imidazole rings is 1. The normalized spacial score (nSPS) is 10.6. The number of hydrogen-bond donors (Lipinski definition) is 2. The van der Waals surface area contributed by atoms with Crippen LogP contribution in [0, 0.1) is 0 Å². The number of anilines is 1. The summed E-state index contributed by atoms with van der Waals surface area (Å²) in [6.07, 6.45) is 0. The molecule has 0 saturated heterocycles. The Kier molecular flexibility index (Phi) is 4.18. The molecule has 2 N–H and O–H groups in total. The Hall–Kier alpha value is -2.24. The van der Waals surface area contributed by atoms with E-state index in [0.717, 1.165) is 11.0 Å². The summed E-state index contributed by atoms with van der Waals surface area (Å²) in [6, 6.07) is 12.3. The molecule has 0 radical (unpaired) electrons. The molecule has 1 heterocycles. The van der Waals surface area contributed by atoms with Crippen LogP contribution in [0.1, 0.15) is 0 Å². The van der Waals surface area contributed by atoms with Crippen LogP contribution in [0.25, 0.3) is 11.0 Å². The Bertz CT molecular complexity index is 800. The summed E-state index contributed by atoms with van der Waals surface area (Å²) in [5.74, 6) is 0.517. The summed E-state index contributed by atoms with van der Waals surface area (Å²) in [5, 5.41) is 3.44. The Balaban J connectivity index is 1.61. The average Bonchev–Trinajstić information content (AvgIpc) is 2.90. The molecule has 0 bridgehead atoms. The van der Waals surface area contributed by atoms with Crippen LogP contribution in [0.5, 0.6) is 5.75 Å². The first-order chi connectivity index (χ1) is 10.6. The Labute approximate surface area is 136 Å². The Morgan fingerprint density at radius 2 is 2.00 bits per heavy atom. The third-order valence-corrected chi connectivity index (χ3v) is 3.65. The lowest BCUT2D eigenvalue weighted by Gasteiger charge is -2.06. The van der Waals surface area contributed by atoms with Crippen molar-refractivity contribution in [3.8, 4) is 5.75 Å². The van der Waals surface area contributed by atoms with Gasteiger partial charge in [-0.15, -0.1) is 0 Å². The van der Waals surface area contributed by atoms with E-state index in [1.165, 1.54) is 0 Å². The smallest absolute Gasteiger partial charge is 0.264 e. The van der Waals surface area contributed by atoms with Crippen molar-refractivity contribution < 1.29 is 9.53 Å². The van der Waals surface area contributed by atoms with Gasteiger partial charge in [-0.2, -0.15) is 0 Å². The van der Waals surface area contributed by atoms with Crippen LogP contribution in [0.3, 0.4) is 0 Å². The maximum atomic E-state index is 11.9. The minimum absolute atomic E-state index is 0.158. The van der Waals surface area contributed by atoms with E-state index in [-0.39, 0.29) is 12.5 Å². The molecule has 0 saturated carbocycles. The first-order valence-electron chi connectivity index (χ1n) is 6.44. The largest absolute Gasteiger partial charge is 0.484 e. The van der Waals surface area contributed by atoms with Gasteiger partial charge in [-0.3, -0.25) is 10.1 Å². The van der Waals surface area contributed by atoms with Gasteiger partial charge in [0.1, 0.15) is 5.75 Å². The molecule has 7 heteroatoms. The predicted molar refractivity (Wildman–Crippen MR) is 86.7 cm³/mol. The van der Waals surface area contributed by atoms with E-state index in [4.69, 9.17) is 27.9 Å². The lowest BCUT2D eigenvalue weighted by Crippen LogP contribution is -2.20. The summed E-state index contributed by atoms with van der Waals surface area (Å²) >= 11 is 11.7. The summed E-state index contributed by atoms with van der Waals surface area (Å²) in [6.45, 7) is -0.158. The molecular weight excluding hydrogens is 325 g/mol. The zero-order valence-corrected chi connectivity index (χ0v) is 12.8. The number of halogens is 2. The lowest BCUT2D eigenvalue weighted by molar-refractivity contribution is -0.118. The van der Waals surface area contributed by atoms with Gasteiger partial charge < -0.3 is 9.72 Å². The molecule has 2 aromatic carbocycles. The zero-order valence-electron chi connectivity index (χ0n) is 11.3. The highest BCUT2D eigenvalue weighted by molar-refractivity contribution is 6.42. The highest BCUT2D eigenvalue weighted by Gasteiger charge is 2.08. The first kappa shape index (κ1) is 14.7. The molecule has 1 aromatic heterocycles. The van der Waals surface area contributed by atoms with Gasteiger partial charge >= 0.3 is 0 Å². The molecule has 0 fully saturated rings. The molecule has 3 rings (SSSR count). The van der Waals surface area contributed by atoms with E-state index in [9.17, 15) is 4.79 Å². The van der Waals surface area contributed by atoms with Crippen molar-refractivity contribution in [3.63, 3.8) is 0 Å². The van der Waals surface area contributed by atoms with E-state index < -0.39 is 0 Å². The molecule has 0 aliphatic heterocycles. The third-order valence-electron chi connectivity index (χ3n) is 2.91. The van der Waals surface area contributed by atoms with Gasteiger partial charge in [0.2, 0.25) is 5.95 Å². The molecule has 0 aliphatic rings. The molecule has 0 unspecified atom stereocenters. The topological polar surface area (TPSA) is 67.0 Å². The number of nitrogens with zero attached hydrogens (tertiary/aromatic N) is 1. The van der Waals surface area contributed by atoms with Crippen molar-refractivity contribution in [2.24, 2.45) is 0 Å². The minimum atomic E-state index is -0.329. The second-order valence-corrected chi connectivity index (χ2v) is 5.33. The highest BCUT2D eigenvalue weighted by Crippen LogP contribution is 2.26. The van der Waals surface area contributed by atoms with Crippen molar-refractivity contribution in [2.45, 2.75) is 0 Å². The van der Waals surface area contributed by atoms with Crippen LogP contribution in [0.4, 0.5) is 5.95 Å². The van der Waals surface area contributed by atoms with Crippen molar-refractivity contribution >= 4 is 46.1 Å². The number of amides is 1. The monoisotopic (exact) mass is 335 g/mol. The maximum absolute atomic E-state index is 11.9. The van der Waals surface area contributed by atoms with E-state index in [0.29, 0.717) is 21.7 Å². The number of benzene rings is 2. The van der Waals surface area contributed by atoms with Crippen LogP contribution < -0.4 is 10.1 Å². The van der Waals surface area contributed by atoms with E-state index >= 15 is 0 Å².